The molecule has 0 spiro atoms. The van der Waals surface area contributed by atoms with Crippen LogP contribution in [0.2, 0.25) is 0 Å². The van der Waals surface area contributed by atoms with E-state index in [1.807, 2.05) is 36.4 Å². The minimum absolute atomic E-state index is 0.0558. The minimum Gasteiger partial charge on any atom is -0.493 e. The van der Waals surface area contributed by atoms with Crippen molar-refractivity contribution in [1.82, 2.24) is 0 Å². The molecule has 2 aromatic rings. The van der Waals surface area contributed by atoms with Gasteiger partial charge in [0.05, 0.1) is 18.0 Å². The summed E-state index contributed by atoms with van der Waals surface area (Å²) in [5.74, 6) is 1.38. The molecule has 0 aromatic heterocycles. The van der Waals surface area contributed by atoms with E-state index in [0.717, 1.165) is 22.8 Å². The number of carbonyl (C=O) groups excluding carboxylic acids is 1. The quantitative estimate of drug-likeness (QED) is 0.936. The van der Waals surface area contributed by atoms with E-state index in [0.29, 0.717) is 12.4 Å². The van der Waals surface area contributed by atoms with Crippen molar-refractivity contribution in [2.45, 2.75) is 11.3 Å². The minimum atomic E-state index is 0.0558. The number of anilines is 1. The van der Waals surface area contributed by atoms with Crippen LogP contribution < -0.4 is 10.1 Å². The lowest BCUT2D eigenvalue weighted by molar-refractivity contribution is -0.113. The maximum Gasteiger partial charge on any atom is 0.234 e. The fourth-order valence-corrected chi connectivity index (χ4v) is 2.91. The highest BCUT2D eigenvalue weighted by atomic mass is 32.2. The van der Waals surface area contributed by atoms with Crippen molar-refractivity contribution in [3.63, 3.8) is 0 Å². The lowest BCUT2D eigenvalue weighted by Crippen LogP contribution is -2.18. The average Bonchev–Trinajstić information content (AvgIpc) is 2.48. The standard InChI is InChI=1S/C16H15NO2S/c18-16-11-20-15-10-13(6-7-14(15)17-16)19-9-8-12-4-2-1-3-5-12/h1-7,10H,8-9,11H2,(H,17,18). The summed E-state index contributed by atoms with van der Waals surface area (Å²) in [6.07, 6.45) is 0.891. The summed E-state index contributed by atoms with van der Waals surface area (Å²) in [4.78, 5) is 12.3. The third-order valence-electron chi connectivity index (χ3n) is 3.09. The molecule has 1 heterocycles. The molecule has 0 fully saturated rings. The molecule has 1 amide bonds. The topological polar surface area (TPSA) is 38.3 Å². The smallest absolute Gasteiger partial charge is 0.234 e. The van der Waals surface area contributed by atoms with Gasteiger partial charge < -0.3 is 10.1 Å². The first-order valence-electron chi connectivity index (χ1n) is 6.55. The monoisotopic (exact) mass is 285 g/mol. The van der Waals surface area contributed by atoms with Crippen LogP contribution in [0.5, 0.6) is 5.75 Å². The summed E-state index contributed by atoms with van der Waals surface area (Å²) in [5, 5.41) is 2.85. The molecule has 20 heavy (non-hydrogen) atoms. The Bertz CT molecular complexity index is 613. The first-order chi connectivity index (χ1) is 9.81. The molecule has 1 N–H and O–H groups in total. The van der Waals surface area contributed by atoms with Gasteiger partial charge in [-0.2, -0.15) is 0 Å². The van der Waals surface area contributed by atoms with Gasteiger partial charge >= 0.3 is 0 Å². The number of rotatable bonds is 4. The number of benzene rings is 2. The Labute approximate surface area is 122 Å². The molecule has 0 aliphatic carbocycles. The molecule has 3 rings (SSSR count). The van der Waals surface area contributed by atoms with Crippen LogP contribution in [0.3, 0.4) is 0 Å². The zero-order valence-electron chi connectivity index (χ0n) is 11.0. The molecular weight excluding hydrogens is 270 g/mol. The second kappa shape index (κ2) is 6.01. The van der Waals surface area contributed by atoms with E-state index in [1.54, 1.807) is 11.8 Å². The zero-order chi connectivity index (χ0) is 13.8. The third kappa shape index (κ3) is 3.14. The number of hydrogen-bond donors (Lipinski definition) is 1. The average molecular weight is 285 g/mol. The summed E-state index contributed by atoms with van der Waals surface area (Å²) >= 11 is 1.55. The van der Waals surface area contributed by atoms with Crippen molar-refractivity contribution >= 4 is 23.4 Å². The van der Waals surface area contributed by atoms with Gasteiger partial charge in [0.15, 0.2) is 0 Å². The molecule has 0 unspecified atom stereocenters. The van der Waals surface area contributed by atoms with E-state index in [1.165, 1.54) is 5.56 Å². The normalized spacial score (nSPS) is 13.5. The van der Waals surface area contributed by atoms with E-state index in [9.17, 15) is 4.79 Å². The van der Waals surface area contributed by atoms with Crippen LogP contribution in [0.15, 0.2) is 53.4 Å². The van der Waals surface area contributed by atoms with Gasteiger partial charge in [-0.1, -0.05) is 30.3 Å². The van der Waals surface area contributed by atoms with Crippen molar-refractivity contribution in [1.29, 1.82) is 0 Å². The molecular formula is C16H15NO2S. The molecule has 0 bridgehead atoms. The predicted molar refractivity (Wildman–Crippen MR) is 81.4 cm³/mol. The van der Waals surface area contributed by atoms with Gasteiger partial charge in [0.1, 0.15) is 5.75 Å². The third-order valence-corrected chi connectivity index (χ3v) is 4.14. The van der Waals surface area contributed by atoms with Crippen molar-refractivity contribution in [3.8, 4) is 5.75 Å². The van der Waals surface area contributed by atoms with Crippen LogP contribution in [0, 0.1) is 0 Å². The molecule has 1 aliphatic rings. The Balaban J connectivity index is 1.60. The molecule has 0 saturated heterocycles. The fraction of sp³-hybridized carbons (Fsp3) is 0.188. The van der Waals surface area contributed by atoms with Crippen LogP contribution in [0.4, 0.5) is 5.69 Å². The van der Waals surface area contributed by atoms with Gasteiger partial charge in [0, 0.05) is 11.3 Å². The van der Waals surface area contributed by atoms with E-state index in [2.05, 4.69) is 17.4 Å². The maximum absolute atomic E-state index is 11.3. The number of hydrogen-bond acceptors (Lipinski definition) is 3. The van der Waals surface area contributed by atoms with Crippen LogP contribution in [0.1, 0.15) is 5.56 Å². The van der Waals surface area contributed by atoms with Crippen molar-refractivity contribution < 1.29 is 9.53 Å². The van der Waals surface area contributed by atoms with Gasteiger partial charge in [0.25, 0.3) is 0 Å². The molecule has 0 saturated carbocycles. The first kappa shape index (κ1) is 13.1. The van der Waals surface area contributed by atoms with E-state index in [4.69, 9.17) is 4.74 Å². The number of amides is 1. The summed E-state index contributed by atoms with van der Waals surface area (Å²) in [7, 11) is 0. The molecule has 102 valence electrons. The van der Waals surface area contributed by atoms with Crippen molar-refractivity contribution in [3.05, 3.63) is 54.1 Å². The highest BCUT2D eigenvalue weighted by Gasteiger charge is 2.15. The van der Waals surface area contributed by atoms with Gasteiger partial charge in [0.2, 0.25) is 5.91 Å². The van der Waals surface area contributed by atoms with E-state index in [-0.39, 0.29) is 5.91 Å². The van der Waals surface area contributed by atoms with Crippen LogP contribution >= 0.6 is 11.8 Å². The predicted octanol–water partition coefficient (Wildman–Crippen LogP) is 3.35. The van der Waals surface area contributed by atoms with Gasteiger partial charge in [-0.25, -0.2) is 0 Å². The molecule has 4 heteroatoms. The Morgan fingerprint density at radius 2 is 2.00 bits per heavy atom. The Morgan fingerprint density at radius 1 is 1.15 bits per heavy atom. The number of carbonyl (C=O) groups is 1. The molecule has 1 aliphatic heterocycles. The van der Waals surface area contributed by atoms with Crippen LogP contribution in [-0.4, -0.2) is 18.3 Å². The summed E-state index contributed by atoms with van der Waals surface area (Å²) in [6.45, 7) is 0.653. The summed E-state index contributed by atoms with van der Waals surface area (Å²) < 4.78 is 5.78. The largest absolute Gasteiger partial charge is 0.493 e. The number of thioether (sulfide) groups is 1. The number of nitrogens with one attached hydrogen (secondary N) is 1. The molecule has 2 aromatic carbocycles. The van der Waals surface area contributed by atoms with Crippen LogP contribution in [0.25, 0.3) is 0 Å². The molecule has 3 nitrogen and oxygen atoms in total. The van der Waals surface area contributed by atoms with E-state index >= 15 is 0 Å². The van der Waals surface area contributed by atoms with Gasteiger partial charge in [-0.15, -0.1) is 11.8 Å². The molecule has 0 atom stereocenters. The molecule has 0 radical (unpaired) electrons. The SMILES string of the molecule is O=C1CSc2cc(OCCc3ccccc3)ccc2N1. The lowest BCUT2D eigenvalue weighted by Gasteiger charge is -2.17. The lowest BCUT2D eigenvalue weighted by atomic mass is 10.2. The highest BCUT2D eigenvalue weighted by molar-refractivity contribution is 8.00. The Hall–Kier alpha value is -1.94. The summed E-state index contributed by atoms with van der Waals surface area (Å²) in [6, 6.07) is 16.1. The highest BCUT2D eigenvalue weighted by Crippen LogP contribution is 2.34. The Morgan fingerprint density at radius 3 is 2.85 bits per heavy atom. The zero-order valence-corrected chi connectivity index (χ0v) is 11.8. The van der Waals surface area contributed by atoms with Crippen molar-refractivity contribution in [2.75, 3.05) is 17.7 Å². The van der Waals surface area contributed by atoms with E-state index < -0.39 is 0 Å². The number of ether oxygens (including phenoxy) is 1. The fourth-order valence-electron chi connectivity index (χ4n) is 2.08. The second-order valence-corrected chi connectivity index (χ2v) is 5.60. The van der Waals surface area contributed by atoms with Gasteiger partial charge in [-0.05, 0) is 23.8 Å². The maximum atomic E-state index is 11.3. The first-order valence-corrected chi connectivity index (χ1v) is 7.53. The Kier molecular flexibility index (Phi) is 3.92. The van der Waals surface area contributed by atoms with Gasteiger partial charge in [-0.3, -0.25) is 4.79 Å². The van der Waals surface area contributed by atoms with Crippen molar-refractivity contribution in [2.24, 2.45) is 0 Å². The number of fused-ring (bicyclic) bond motifs is 1. The van der Waals surface area contributed by atoms with Crippen LogP contribution in [-0.2, 0) is 11.2 Å². The summed E-state index contributed by atoms with van der Waals surface area (Å²) in [5.41, 5.74) is 2.15. The second-order valence-electron chi connectivity index (χ2n) is 4.58.